The Hall–Kier alpha value is -2.50. The molecule has 0 spiro atoms. The first-order chi connectivity index (χ1) is 8.97. The van der Waals surface area contributed by atoms with Crippen LogP contribution in [-0.2, 0) is 0 Å². The van der Waals surface area contributed by atoms with Crippen LogP contribution in [-0.4, -0.2) is 11.1 Å². The van der Waals surface area contributed by atoms with E-state index in [2.05, 4.69) is 4.74 Å². The molecule has 1 N–H and O–H groups in total. The summed E-state index contributed by atoms with van der Waals surface area (Å²) in [4.78, 5) is 11.6. The van der Waals surface area contributed by atoms with Gasteiger partial charge in [-0.1, -0.05) is 0 Å². The fraction of sp³-hybridized carbons (Fsp3) is 0. The third-order valence-corrected chi connectivity index (χ3v) is 2.27. The Morgan fingerprint density at radius 2 is 1.53 bits per heavy atom. The van der Waals surface area contributed by atoms with E-state index >= 15 is 0 Å². The van der Waals surface area contributed by atoms with Crippen molar-refractivity contribution in [2.75, 3.05) is 0 Å². The molecule has 98 valence electrons. The van der Waals surface area contributed by atoms with Gasteiger partial charge in [0.25, 0.3) is 0 Å². The lowest BCUT2D eigenvalue weighted by molar-refractivity contribution is 0.0733. The summed E-state index contributed by atoms with van der Waals surface area (Å²) < 4.78 is 43.2. The molecule has 0 amide bonds. The zero-order chi connectivity index (χ0) is 14.0. The Bertz CT molecular complexity index is 601. The summed E-state index contributed by atoms with van der Waals surface area (Å²) in [6, 6.07) is 6.18. The van der Waals surface area contributed by atoms with E-state index in [4.69, 9.17) is 5.11 Å². The molecule has 0 fully saturated rings. The lowest BCUT2D eigenvalue weighted by atomic mass is 10.2. The van der Waals surface area contributed by atoms with Crippen LogP contribution < -0.4 is 4.74 Å². The molecule has 2 aromatic carbocycles. The van der Waals surface area contributed by atoms with Crippen molar-refractivity contribution in [3.8, 4) is 11.5 Å². The van der Waals surface area contributed by atoms with Gasteiger partial charge in [-0.05, 0) is 24.3 Å². The van der Waals surface area contributed by atoms with Gasteiger partial charge < -0.3 is 9.84 Å². The van der Waals surface area contributed by atoms with Crippen LogP contribution in [0.2, 0.25) is 0 Å². The summed E-state index contributed by atoms with van der Waals surface area (Å²) in [6.07, 6.45) is 0. The summed E-state index contributed by atoms with van der Waals surface area (Å²) in [5.74, 6) is -5.92. The molecule has 0 aliphatic heterocycles. The molecule has 0 aliphatic rings. The van der Waals surface area contributed by atoms with Crippen LogP contribution >= 0.6 is 0 Å². The topological polar surface area (TPSA) is 46.5 Å². The fourth-order valence-electron chi connectivity index (χ4n) is 1.35. The van der Waals surface area contributed by atoms with Crippen LogP contribution in [0.3, 0.4) is 0 Å². The van der Waals surface area contributed by atoms with E-state index in [1.165, 1.54) is 24.3 Å². The molecule has 19 heavy (non-hydrogen) atoms. The number of halogens is 3. The second-order valence-electron chi connectivity index (χ2n) is 3.64. The van der Waals surface area contributed by atoms with Gasteiger partial charge in [-0.2, -0.15) is 0 Å². The Morgan fingerprint density at radius 1 is 1.00 bits per heavy atom. The van der Waals surface area contributed by atoms with Gasteiger partial charge in [0, 0.05) is 12.1 Å². The van der Waals surface area contributed by atoms with Crippen LogP contribution in [0, 0.1) is 17.5 Å². The van der Waals surface area contributed by atoms with Gasteiger partial charge in [-0.25, -0.2) is 18.0 Å². The zero-order valence-corrected chi connectivity index (χ0v) is 9.36. The largest absolute Gasteiger partial charge is 0.508 e. The lowest BCUT2D eigenvalue weighted by Crippen LogP contribution is -2.09. The molecule has 3 nitrogen and oxygen atoms in total. The van der Waals surface area contributed by atoms with E-state index < -0.39 is 29.2 Å². The van der Waals surface area contributed by atoms with E-state index in [0.29, 0.717) is 12.1 Å². The van der Waals surface area contributed by atoms with E-state index in [-0.39, 0.29) is 11.3 Å². The first-order valence-electron chi connectivity index (χ1n) is 5.13. The maximum atomic E-state index is 12.9. The highest BCUT2D eigenvalue weighted by atomic mass is 19.2. The van der Waals surface area contributed by atoms with Gasteiger partial charge in [0.1, 0.15) is 11.5 Å². The lowest BCUT2D eigenvalue weighted by Gasteiger charge is -2.05. The molecule has 6 heteroatoms. The van der Waals surface area contributed by atoms with Gasteiger partial charge in [0.15, 0.2) is 17.5 Å². The van der Waals surface area contributed by atoms with Crippen molar-refractivity contribution >= 4 is 5.97 Å². The van der Waals surface area contributed by atoms with Gasteiger partial charge in [-0.15, -0.1) is 0 Å². The number of carbonyl (C=O) groups is 1. The van der Waals surface area contributed by atoms with Crippen LogP contribution in [0.5, 0.6) is 11.5 Å². The quantitative estimate of drug-likeness (QED) is 0.517. The van der Waals surface area contributed by atoms with Crippen molar-refractivity contribution in [1.29, 1.82) is 0 Å². The summed E-state index contributed by atoms with van der Waals surface area (Å²) in [5, 5.41) is 9.04. The number of carbonyl (C=O) groups excluding carboxylic acids is 1. The molecule has 0 saturated heterocycles. The SMILES string of the molecule is O=C(Oc1cc(F)c(F)c(F)c1)c1ccc(O)cc1. The highest BCUT2D eigenvalue weighted by Crippen LogP contribution is 2.20. The monoisotopic (exact) mass is 268 g/mol. The molecule has 0 aromatic heterocycles. The second kappa shape index (κ2) is 5.01. The highest BCUT2D eigenvalue weighted by molar-refractivity contribution is 5.91. The Labute approximate surface area is 105 Å². The fourth-order valence-corrected chi connectivity index (χ4v) is 1.35. The number of esters is 1. The number of phenolic OH excluding ortho intramolecular Hbond substituents is 1. The van der Waals surface area contributed by atoms with Crippen molar-refractivity contribution in [1.82, 2.24) is 0 Å². The summed E-state index contributed by atoms with van der Waals surface area (Å²) in [7, 11) is 0. The number of benzene rings is 2. The van der Waals surface area contributed by atoms with E-state index in [9.17, 15) is 18.0 Å². The standard InChI is InChI=1S/C13H7F3O3/c14-10-5-9(6-11(15)12(10)16)19-13(18)7-1-3-8(17)4-2-7/h1-6,17H. The van der Waals surface area contributed by atoms with E-state index in [0.717, 1.165) is 0 Å². The maximum absolute atomic E-state index is 12.9. The summed E-state index contributed by atoms with van der Waals surface area (Å²) >= 11 is 0. The zero-order valence-electron chi connectivity index (χ0n) is 9.36. The number of rotatable bonds is 2. The van der Waals surface area contributed by atoms with Crippen molar-refractivity contribution in [2.45, 2.75) is 0 Å². The average Bonchev–Trinajstić information content (AvgIpc) is 2.36. The molecule has 0 saturated carbocycles. The minimum atomic E-state index is -1.63. The summed E-state index contributed by atoms with van der Waals surface area (Å²) in [6.45, 7) is 0. The third kappa shape index (κ3) is 2.85. The molecule has 0 aliphatic carbocycles. The molecule has 0 heterocycles. The summed E-state index contributed by atoms with van der Waals surface area (Å²) in [5.41, 5.74) is 0.0722. The molecule has 0 radical (unpaired) electrons. The van der Waals surface area contributed by atoms with Gasteiger partial charge in [-0.3, -0.25) is 0 Å². The Balaban J connectivity index is 2.22. The van der Waals surface area contributed by atoms with Crippen LogP contribution in [0.25, 0.3) is 0 Å². The number of ether oxygens (including phenoxy) is 1. The third-order valence-electron chi connectivity index (χ3n) is 2.27. The minimum absolute atomic E-state index is 0.0459. The van der Waals surface area contributed by atoms with Crippen molar-refractivity contribution in [2.24, 2.45) is 0 Å². The normalized spacial score (nSPS) is 10.3. The van der Waals surface area contributed by atoms with Gasteiger partial charge in [0.2, 0.25) is 0 Å². The van der Waals surface area contributed by atoms with Gasteiger partial charge >= 0.3 is 5.97 Å². The average molecular weight is 268 g/mol. The van der Waals surface area contributed by atoms with Crippen LogP contribution in [0.15, 0.2) is 36.4 Å². The molecule has 0 unspecified atom stereocenters. The van der Waals surface area contributed by atoms with Crippen molar-refractivity contribution < 1.29 is 27.8 Å². The highest BCUT2D eigenvalue weighted by Gasteiger charge is 2.14. The first-order valence-corrected chi connectivity index (χ1v) is 5.13. The number of aromatic hydroxyl groups is 1. The minimum Gasteiger partial charge on any atom is -0.508 e. The van der Waals surface area contributed by atoms with Crippen LogP contribution in [0.1, 0.15) is 10.4 Å². The van der Waals surface area contributed by atoms with Crippen LogP contribution in [0.4, 0.5) is 13.2 Å². The number of hydrogen-bond acceptors (Lipinski definition) is 3. The number of hydrogen-bond donors (Lipinski definition) is 1. The van der Waals surface area contributed by atoms with E-state index in [1.807, 2.05) is 0 Å². The first kappa shape index (κ1) is 12.9. The van der Waals surface area contributed by atoms with Crippen molar-refractivity contribution in [3.05, 3.63) is 59.4 Å². The van der Waals surface area contributed by atoms with E-state index in [1.54, 1.807) is 0 Å². The molecular formula is C13H7F3O3. The Kier molecular flexibility index (Phi) is 3.41. The predicted molar refractivity (Wildman–Crippen MR) is 59.4 cm³/mol. The molecule has 2 aromatic rings. The molecule has 0 atom stereocenters. The molecule has 0 bridgehead atoms. The smallest absolute Gasteiger partial charge is 0.343 e. The predicted octanol–water partition coefficient (Wildman–Crippen LogP) is 3.03. The number of phenols is 1. The Morgan fingerprint density at radius 3 is 2.05 bits per heavy atom. The van der Waals surface area contributed by atoms with Crippen molar-refractivity contribution in [3.63, 3.8) is 0 Å². The molecular weight excluding hydrogens is 261 g/mol. The second-order valence-corrected chi connectivity index (χ2v) is 3.64. The maximum Gasteiger partial charge on any atom is 0.343 e. The van der Waals surface area contributed by atoms with Gasteiger partial charge in [0.05, 0.1) is 5.56 Å². The molecule has 2 rings (SSSR count).